The van der Waals surface area contributed by atoms with Gasteiger partial charge in [0, 0.05) is 0 Å². The smallest absolute Gasteiger partial charge is 0.240 e. The fourth-order valence-corrected chi connectivity index (χ4v) is 3.80. The van der Waals surface area contributed by atoms with Crippen LogP contribution in [-0.2, 0) is 10.0 Å². The maximum absolute atomic E-state index is 12.6. The van der Waals surface area contributed by atoms with Crippen LogP contribution >= 0.6 is 0 Å². The molecule has 6 nitrogen and oxygen atoms in total. The molecule has 29 heavy (non-hydrogen) atoms. The third-order valence-corrected chi connectivity index (χ3v) is 5.63. The first-order chi connectivity index (χ1) is 14.0. The second kappa shape index (κ2) is 9.45. The molecule has 3 aromatic carbocycles. The van der Waals surface area contributed by atoms with E-state index in [0.717, 1.165) is 5.75 Å². The predicted octanol–water partition coefficient (Wildman–Crippen LogP) is 4.23. The van der Waals surface area contributed by atoms with E-state index in [9.17, 15) is 8.42 Å². The van der Waals surface area contributed by atoms with Gasteiger partial charge in [-0.3, -0.25) is 0 Å². The van der Waals surface area contributed by atoms with Crippen molar-refractivity contribution >= 4 is 10.0 Å². The van der Waals surface area contributed by atoms with Crippen molar-refractivity contribution in [2.45, 2.75) is 17.9 Å². The van der Waals surface area contributed by atoms with Crippen LogP contribution in [0.4, 0.5) is 0 Å². The van der Waals surface area contributed by atoms with E-state index in [4.69, 9.17) is 14.2 Å². The van der Waals surface area contributed by atoms with Gasteiger partial charge in [0.05, 0.1) is 18.0 Å². The van der Waals surface area contributed by atoms with Gasteiger partial charge >= 0.3 is 0 Å². The van der Waals surface area contributed by atoms with E-state index in [0.29, 0.717) is 17.2 Å². The predicted molar refractivity (Wildman–Crippen MR) is 111 cm³/mol. The second-order valence-electron chi connectivity index (χ2n) is 6.40. The Bertz CT molecular complexity index is 1000. The number of rotatable bonds is 9. The summed E-state index contributed by atoms with van der Waals surface area (Å²) < 4.78 is 44.2. The van der Waals surface area contributed by atoms with E-state index in [-0.39, 0.29) is 11.5 Å². The molecule has 7 heteroatoms. The van der Waals surface area contributed by atoms with Crippen molar-refractivity contribution < 1.29 is 22.6 Å². The minimum absolute atomic E-state index is 0.161. The number of para-hydroxylation sites is 1. The molecular formula is C22H23NO5S. The highest BCUT2D eigenvalue weighted by molar-refractivity contribution is 7.89. The van der Waals surface area contributed by atoms with E-state index < -0.39 is 16.1 Å². The summed E-state index contributed by atoms with van der Waals surface area (Å²) in [4.78, 5) is 0.161. The van der Waals surface area contributed by atoms with Gasteiger partial charge in [-0.2, -0.15) is 0 Å². The van der Waals surface area contributed by atoms with Gasteiger partial charge in [0.25, 0.3) is 0 Å². The van der Waals surface area contributed by atoms with E-state index in [1.807, 2.05) is 30.3 Å². The Kier molecular flexibility index (Phi) is 6.74. The van der Waals surface area contributed by atoms with Gasteiger partial charge in [0.2, 0.25) is 10.0 Å². The Labute approximate surface area is 171 Å². The van der Waals surface area contributed by atoms with E-state index in [1.165, 1.54) is 12.1 Å². The zero-order chi connectivity index (χ0) is 20.7. The van der Waals surface area contributed by atoms with Gasteiger partial charge in [-0.25, -0.2) is 13.1 Å². The molecule has 0 heterocycles. The van der Waals surface area contributed by atoms with E-state index in [1.54, 1.807) is 50.4 Å². The molecule has 0 amide bonds. The third kappa shape index (κ3) is 5.97. The molecule has 3 rings (SSSR count). The normalized spacial score (nSPS) is 12.2. The highest BCUT2D eigenvalue weighted by Crippen LogP contribution is 2.23. The standard InChI is InChI=1S/C22H23NO5S/c1-17(16-27-19-10-8-18(26-2)9-11-19)23-29(24,25)22-14-12-21(13-15-22)28-20-6-4-3-5-7-20/h3-15,17,23H,16H2,1-2H3/t17-/m1/s1. The maximum atomic E-state index is 12.6. The van der Waals surface area contributed by atoms with Crippen molar-refractivity contribution in [1.29, 1.82) is 0 Å². The number of sulfonamides is 1. The first kappa shape index (κ1) is 20.7. The summed E-state index contributed by atoms with van der Waals surface area (Å²) in [5.74, 6) is 2.61. The van der Waals surface area contributed by atoms with Crippen molar-refractivity contribution in [1.82, 2.24) is 4.72 Å². The Hall–Kier alpha value is -3.03. The van der Waals surface area contributed by atoms with Gasteiger partial charge in [-0.1, -0.05) is 18.2 Å². The number of nitrogens with one attached hydrogen (secondary N) is 1. The number of methoxy groups -OCH3 is 1. The molecule has 1 atom stereocenters. The summed E-state index contributed by atoms with van der Waals surface area (Å²) >= 11 is 0. The topological polar surface area (TPSA) is 73.9 Å². The van der Waals surface area contributed by atoms with Crippen LogP contribution in [0, 0.1) is 0 Å². The number of benzene rings is 3. The molecule has 0 unspecified atom stereocenters. The Morgan fingerprint density at radius 1 is 0.793 bits per heavy atom. The van der Waals surface area contributed by atoms with Crippen molar-refractivity contribution in [3.05, 3.63) is 78.9 Å². The van der Waals surface area contributed by atoms with E-state index >= 15 is 0 Å². The Balaban J connectivity index is 1.56. The second-order valence-corrected chi connectivity index (χ2v) is 8.11. The summed E-state index contributed by atoms with van der Waals surface area (Å²) in [6.45, 7) is 1.94. The highest BCUT2D eigenvalue weighted by Gasteiger charge is 2.18. The van der Waals surface area contributed by atoms with Crippen LogP contribution in [0.5, 0.6) is 23.0 Å². The monoisotopic (exact) mass is 413 g/mol. The van der Waals surface area contributed by atoms with Crippen LogP contribution in [0.15, 0.2) is 83.8 Å². The molecule has 0 saturated heterocycles. The molecule has 152 valence electrons. The van der Waals surface area contributed by atoms with E-state index in [2.05, 4.69) is 4.72 Å². The molecule has 1 N–H and O–H groups in total. The molecular weight excluding hydrogens is 390 g/mol. The summed E-state index contributed by atoms with van der Waals surface area (Å²) in [5.41, 5.74) is 0. The molecule has 3 aromatic rings. The van der Waals surface area contributed by atoms with Crippen molar-refractivity contribution in [3.63, 3.8) is 0 Å². The SMILES string of the molecule is COc1ccc(OC[C@@H](C)NS(=O)(=O)c2ccc(Oc3ccccc3)cc2)cc1. The first-order valence-electron chi connectivity index (χ1n) is 9.08. The molecule has 0 spiro atoms. The summed E-state index contributed by atoms with van der Waals surface area (Å²) in [6, 6.07) is 22.3. The van der Waals surface area contributed by atoms with Crippen LogP contribution in [0.1, 0.15) is 6.92 Å². The average molecular weight is 413 g/mol. The molecule has 0 aliphatic rings. The van der Waals surface area contributed by atoms with Gasteiger partial charge in [-0.05, 0) is 67.6 Å². The lowest BCUT2D eigenvalue weighted by Gasteiger charge is -2.16. The number of hydrogen-bond acceptors (Lipinski definition) is 5. The third-order valence-electron chi connectivity index (χ3n) is 4.03. The highest BCUT2D eigenvalue weighted by atomic mass is 32.2. The van der Waals surface area contributed by atoms with Gasteiger partial charge < -0.3 is 14.2 Å². The van der Waals surface area contributed by atoms with Gasteiger partial charge in [-0.15, -0.1) is 0 Å². The van der Waals surface area contributed by atoms with Crippen LogP contribution in [0.25, 0.3) is 0 Å². The average Bonchev–Trinajstić information content (AvgIpc) is 2.73. The number of hydrogen-bond donors (Lipinski definition) is 1. The fraction of sp³-hybridized carbons (Fsp3) is 0.182. The molecule has 0 fully saturated rings. The lowest BCUT2D eigenvalue weighted by Crippen LogP contribution is -2.36. The fourth-order valence-electron chi connectivity index (χ4n) is 2.57. The minimum atomic E-state index is -3.67. The van der Waals surface area contributed by atoms with Gasteiger partial charge in [0.1, 0.15) is 29.6 Å². The molecule has 0 bridgehead atoms. The zero-order valence-electron chi connectivity index (χ0n) is 16.2. The Morgan fingerprint density at radius 2 is 1.34 bits per heavy atom. The summed E-state index contributed by atoms with van der Waals surface area (Å²) in [7, 11) is -2.08. The number of ether oxygens (including phenoxy) is 3. The largest absolute Gasteiger partial charge is 0.497 e. The maximum Gasteiger partial charge on any atom is 0.240 e. The molecule has 0 aliphatic carbocycles. The van der Waals surface area contributed by atoms with Crippen LogP contribution in [0.2, 0.25) is 0 Å². The van der Waals surface area contributed by atoms with Gasteiger partial charge in [0.15, 0.2) is 0 Å². The lowest BCUT2D eigenvalue weighted by atomic mass is 10.3. The minimum Gasteiger partial charge on any atom is -0.497 e. The molecule has 0 aromatic heterocycles. The zero-order valence-corrected chi connectivity index (χ0v) is 17.1. The van der Waals surface area contributed by atoms with Crippen molar-refractivity contribution in [3.8, 4) is 23.0 Å². The Morgan fingerprint density at radius 3 is 1.97 bits per heavy atom. The lowest BCUT2D eigenvalue weighted by molar-refractivity contribution is 0.287. The first-order valence-corrected chi connectivity index (χ1v) is 10.6. The quantitative estimate of drug-likeness (QED) is 0.568. The van der Waals surface area contributed by atoms with Crippen molar-refractivity contribution in [2.24, 2.45) is 0 Å². The summed E-state index contributed by atoms with van der Waals surface area (Å²) in [6.07, 6.45) is 0. The molecule has 0 saturated carbocycles. The van der Waals surface area contributed by atoms with Crippen LogP contribution < -0.4 is 18.9 Å². The van der Waals surface area contributed by atoms with Crippen LogP contribution in [0.3, 0.4) is 0 Å². The molecule has 0 aliphatic heterocycles. The summed E-state index contributed by atoms with van der Waals surface area (Å²) in [5, 5.41) is 0. The molecule has 0 radical (unpaired) electrons. The van der Waals surface area contributed by atoms with Crippen molar-refractivity contribution in [2.75, 3.05) is 13.7 Å². The van der Waals surface area contributed by atoms with Crippen LogP contribution in [-0.4, -0.2) is 28.2 Å².